The van der Waals surface area contributed by atoms with Gasteiger partial charge in [0.25, 0.3) is 0 Å². The standard InChI is InChI=1S/C4H7N3O3/c8-3(9)2-5-1-6-4(10)7-2/h2,5H,1H2,(H,8,9)(H2,6,7,10). The summed E-state index contributed by atoms with van der Waals surface area (Å²) >= 11 is 0. The highest BCUT2D eigenvalue weighted by atomic mass is 16.4. The molecule has 0 aromatic rings. The normalized spacial score (nSPS) is 24.8. The molecule has 0 spiro atoms. The summed E-state index contributed by atoms with van der Waals surface area (Å²) in [5.41, 5.74) is 0. The Kier molecular flexibility index (Phi) is 1.72. The number of nitrogens with one attached hydrogen (secondary N) is 3. The zero-order chi connectivity index (χ0) is 7.56. The van der Waals surface area contributed by atoms with Crippen molar-refractivity contribution in [2.75, 3.05) is 6.67 Å². The molecule has 1 heterocycles. The van der Waals surface area contributed by atoms with E-state index in [0.29, 0.717) is 0 Å². The van der Waals surface area contributed by atoms with Crippen molar-refractivity contribution in [3.63, 3.8) is 0 Å². The smallest absolute Gasteiger partial charge is 0.341 e. The van der Waals surface area contributed by atoms with Gasteiger partial charge in [-0.3, -0.25) is 5.32 Å². The molecule has 0 aromatic heterocycles. The maximum atomic E-state index is 10.5. The van der Waals surface area contributed by atoms with Gasteiger partial charge in [-0.25, -0.2) is 9.59 Å². The molecule has 2 amide bonds. The lowest BCUT2D eigenvalue weighted by Crippen LogP contribution is -2.61. The Labute approximate surface area is 56.6 Å². The lowest BCUT2D eigenvalue weighted by Gasteiger charge is -2.21. The average molecular weight is 145 g/mol. The number of hydrogen-bond donors (Lipinski definition) is 4. The Morgan fingerprint density at radius 1 is 1.70 bits per heavy atom. The van der Waals surface area contributed by atoms with Crippen molar-refractivity contribution in [2.24, 2.45) is 0 Å². The molecule has 56 valence electrons. The summed E-state index contributed by atoms with van der Waals surface area (Å²) in [6.07, 6.45) is -0.964. The summed E-state index contributed by atoms with van der Waals surface area (Å²) in [5.74, 6) is -1.09. The Morgan fingerprint density at radius 3 is 2.80 bits per heavy atom. The largest absolute Gasteiger partial charge is 0.479 e. The van der Waals surface area contributed by atoms with Gasteiger partial charge in [0.15, 0.2) is 6.17 Å². The number of carbonyl (C=O) groups is 2. The van der Waals surface area contributed by atoms with Crippen LogP contribution in [0.2, 0.25) is 0 Å². The molecular weight excluding hydrogens is 138 g/mol. The van der Waals surface area contributed by atoms with Gasteiger partial charge in [0, 0.05) is 0 Å². The van der Waals surface area contributed by atoms with Crippen LogP contribution in [0.3, 0.4) is 0 Å². The van der Waals surface area contributed by atoms with Gasteiger partial charge in [-0.05, 0) is 0 Å². The molecular formula is C4H7N3O3. The highest BCUT2D eigenvalue weighted by Gasteiger charge is 2.22. The second kappa shape index (κ2) is 2.53. The van der Waals surface area contributed by atoms with E-state index in [0.717, 1.165) is 0 Å². The Hall–Kier alpha value is -1.30. The minimum Gasteiger partial charge on any atom is -0.479 e. The third-order valence-corrected chi connectivity index (χ3v) is 1.08. The maximum absolute atomic E-state index is 10.5. The van der Waals surface area contributed by atoms with Crippen LogP contribution in [0.1, 0.15) is 0 Å². The number of amides is 2. The van der Waals surface area contributed by atoms with Gasteiger partial charge in [0.1, 0.15) is 0 Å². The van der Waals surface area contributed by atoms with Crippen LogP contribution in [-0.4, -0.2) is 29.9 Å². The minimum atomic E-state index is -1.09. The van der Waals surface area contributed by atoms with Gasteiger partial charge in [-0.2, -0.15) is 0 Å². The molecule has 0 saturated carbocycles. The van der Waals surface area contributed by atoms with Gasteiger partial charge in [0.2, 0.25) is 0 Å². The van der Waals surface area contributed by atoms with E-state index >= 15 is 0 Å². The molecule has 0 aromatic carbocycles. The van der Waals surface area contributed by atoms with E-state index in [1.807, 2.05) is 0 Å². The molecule has 1 fully saturated rings. The topological polar surface area (TPSA) is 90.5 Å². The first-order valence-corrected chi connectivity index (χ1v) is 2.70. The molecule has 1 rings (SSSR count). The van der Waals surface area contributed by atoms with E-state index in [2.05, 4.69) is 16.0 Å². The molecule has 1 saturated heterocycles. The van der Waals surface area contributed by atoms with E-state index in [-0.39, 0.29) is 6.67 Å². The summed E-state index contributed by atoms with van der Waals surface area (Å²) < 4.78 is 0. The van der Waals surface area contributed by atoms with Crippen molar-refractivity contribution in [3.05, 3.63) is 0 Å². The number of carboxylic acids is 1. The highest BCUT2D eigenvalue weighted by Crippen LogP contribution is 1.81. The Bertz CT molecular complexity index is 167. The first-order valence-electron chi connectivity index (χ1n) is 2.70. The summed E-state index contributed by atoms with van der Waals surface area (Å²) in [5, 5.41) is 15.4. The number of aliphatic carboxylic acids is 1. The highest BCUT2D eigenvalue weighted by molar-refractivity contribution is 5.83. The van der Waals surface area contributed by atoms with Crippen LogP contribution in [0.25, 0.3) is 0 Å². The van der Waals surface area contributed by atoms with Crippen LogP contribution < -0.4 is 16.0 Å². The zero-order valence-corrected chi connectivity index (χ0v) is 5.05. The Balaban J connectivity index is 2.47. The first kappa shape index (κ1) is 6.81. The fourth-order valence-corrected chi connectivity index (χ4v) is 0.616. The van der Waals surface area contributed by atoms with E-state index in [1.165, 1.54) is 0 Å². The second-order valence-corrected chi connectivity index (χ2v) is 1.80. The first-order chi connectivity index (χ1) is 4.70. The number of carboxylic acid groups (broad SMARTS) is 1. The van der Waals surface area contributed by atoms with Crippen LogP contribution in [0.5, 0.6) is 0 Å². The summed E-state index contributed by atoms with van der Waals surface area (Å²) in [6, 6.07) is -0.467. The van der Waals surface area contributed by atoms with Crippen molar-refractivity contribution in [1.82, 2.24) is 16.0 Å². The van der Waals surface area contributed by atoms with Crippen molar-refractivity contribution in [1.29, 1.82) is 0 Å². The number of urea groups is 1. The van der Waals surface area contributed by atoms with Crippen molar-refractivity contribution >= 4 is 12.0 Å². The lowest BCUT2D eigenvalue weighted by atomic mass is 10.4. The molecule has 6 heteroatoms. The molecule has 6 nitrogen and oxygen atoms in total. The number of hydrogen-bond acceptors (Lipinski definition) is 3. The van der Waals surface area contributed by atoms with Crippen LogP contribution in [0, 0.1) is 0 Å². The van der Waals surface area contributed by atoms with Gasteiger partial charge in [-0.15, -0.1) is 0 Å². The molecule has 1 aliphatic heterocycles. The predicted molar refractivity (Wildman–Crippen MR) is 31.1 cm³/mol. The lowest BCUT2D eigenvalue weighted by molar-refractivity contribution is -0.140. The second-order valence-electron chi connectivity index (χ2n) is 1.80. The van der Waals surface area contributed by atoms with E-state index in [1.54, 1.807) is 0 Å². The van der Waals surface area contributed by atoms with Crippen molar-refractivity contribution in [3.8, 4) is 0 Å². The van der Waals surface area contributed by atoms with Crippen LogP contribution >= 0.6 is 0 Å². The number of carbonyl (C=O) groups excluding carboxylic acids is 1. The summed E-state index contributed by atoms with van der Waals surface area (Å²) in [6.45, 7) is 0.183. The van der Waals surface area contributed by atoms with Crippen LogP contribution in [-0.2, 0) is 4.79 Å². The third-order valence-electron chi connectivity index (χ3n) is 1.08. The van der Waals surface area contributed by atoms with Crippen molar-refractivity contribution < 1.29 is 14.7 Å². The molecule has 0 aliphatic carbocycles. The molecule has 1 unspecified atom stereocenters. The minimum absolute atomic E-state index is 0.183. The fraction of sp³-hybridized carbons (Fsp3) is 0.500. The predicted octanol–water partition coefficient (Wildman–Crippen LogP) is -1.74. The Morgan fingerprint density at radius 2 is 2.40 bits per heavy atom. The zero-order valence-electron chi connectivity index (χ0n) is 5.05. The molecule has 1 atom stereocenters. The molecule has 0 bridgehead atoms. The van der Waals surface area contributed by atoms with Gasteiger partial charge in [-0.1, -0.05) is 0 Å². The quantitative estimate of drug-likeness (QED) is 0.352. The fourth-order valence-electron chi connectivity index (χ4n) is 0.616. The molecule has 10 heavy (non-hydrogen) atoms. The van der Waals surface area contributed by atoms with Crippen molar-refractivity contribution in [2.45, 2.75) is 6.17 Å². The summed E-state index contributed by atoms with van der Waals surface area (Å²) in [4.78, 5) is 20.6. The molecule has 0 radical (unpaired) electrons. The SMILES string of the molecule is O=C1NCNC(C(=O)O)N1. The number of rotatable bonds is 1. The van der Waals surface area contributed by atoms with E-state index in [9.17, 15) is 9.59 Å². The van der Waals surface area contributed by atoms with Gasteiger partial charge in [0.05, 0.1) is 6.67 Å². The third kappa shape index (κ3) is 1.35. The van der Waals surface area contributed by atoms with E-state index in [4.69, 9.17) is 5.11 Å². The van der Waals surface area contributed by atoms with Crippen LogP contribution in [0.4, 0.5) is 4.79 Å². The summed E-state index contributed by atoms with van der Waals surface area (Å²) in [7, 11) is 0. The monoisotopic (exact) mass is 145 g/mol. The molecule has 1 aliphatic rings. The average Bonchev–Trinajstić information content (AvgIpc) is 1.88. The molecule has 4 N–H and O–H groups in total. The van der Waals surface area contributed by atoms with Crippen LogP contribution in [0.15, 0.2) is 0 Å². The van der Waals surface area contributed by atoms with Gasteiger partial charge < -0.3 is 15.7 Å². The van der Waals surface area contributed by atoms with Gasteiger partial charge >= 0.3 is 12.0 Å². The maximum Gasteiger partial charge on any atom is 0.341 e. The van der Waals surface area contributed by atoms with E-state index < -0.39 is 18.2 Å².